The lowest BCUT2D eigenvalue weighted by Gasteiger charge is -2.07. The minimum absolute atomic E-state index is 0.166. The lowest BCUT2D eigenvalue weighted by molar-refractivity contribution is 0.104. The molecule has 0 unspecified atom stereocenters. The van der Waals surface area contributed by atoms with Gasteiger partial charge in [0, 0.05) is 4.47 Å². The number of allylic oxidation sites excluding steroid dienone is 1. The lowest BCUT2D eigenvalue weighted by atomic mass is 10.1. The van der Waals surface area contributed by atoms with Gasteiger partial charge in [-0.15, -0.1) is 0 Å². The highest BCUT2D eigenvalue weighted by atomic mass is 79.9. The highest BCUT2D eigenvalue weighted by Crippen LogP contribution is 2.33. The quantitative estimate of drug-likeness (QED) is 0.668. The van der Waals surface area contributed by atoms with E-state index in [1.54, 1.807) is 6.07 Å². The van der Waals surface area contributed by atoms with Crippen LogP contribution in [0.15, 0.2) is 29.3 Å². The number of carbonyl (C=O) groups is 1. The van der Waals surface area contributed by atoms with Crippen LogP contribution in [0.25, 0.3) is 0 Å². The number of phenolic OH excluding ortho intramolecular Hbond substituents is 1. The maximum atomic E-state index is 11.3. The van der Waals surface area contributed by atoms with Crippen molar-refractivity contribution in [3.05, 3.63) is 34.8 Å². The zero-order valence-electron chi connectivity index (χ0n) is 7.58. The van der Waals surface area contributed by atoms with Gasteiger partial charge in [0.05, 0.1) is 12.7 Å². The molecule has 14 heavy (non-hydrogen) atoms. The average molecular weight is 257 g/mol. The molecule has 1 aromatic carbocycles. The van der Waals surface area contributed by atoms with E-state index >= 15 is 0 Å². The van der Waals surface area contributed by atoms with Crippen LogP contribution in [0, 0.1) is 0 Å². The normalized spacial score (nSPS) is 9.57. The molecule has 3 nitrogen and oxygen atoms in total. The number of hydrogen-bond donors (Lipinski definition) is 1. The van der Waals surface area contributed by atoms with Crippen molar-refractivity contribution in [3.8, 4) is 11.5 Å². The van der Waals surface area contributed by atoms with Gasteiger partial charge in [-0.05, 0) is 18.2 Å². The molecule has 0 saturated carbocycles. The first-order valence-corrected chi connectivity index (χ1v) is 4.62. The number of ether oxygens (including phenoxy) is 1. The van der Waals surface area contributed by atoms with Crippen LogP contribution in [0.1, 0.15) is 10.4 Å². The van der Waals surface area contributed by atoms with Crippen LogP contribution in [0.3, 0.4) is 0 Å². The minimum atomic E-state index is -0.345. The predicted octanol–water partition coefficient (Wildman–Crippen LogP) is 2.53. The van der Waals surface area contributed by atoms with Crippen molar-refractivity contribution in [2.45, 2.75) is 0 Å². The van der Waals surface area contributed by atoms with E-state index < -0.39 is 0 Å². The SMILES string of the molecule is C=CC(=O)c1cc(Br)cc(OC)c1O. The molecule has 1 rings (SSSR count). The Kier molecular flexibility index (Phi) is 3.30. The maximum absolute atomic E-state index is 11.3. The van der Waals surface area contributed by atoms with E-state index in [0.29, 0.717) is 4.47 Å². The van der Waals surface area contributed by atoms with E-state index in [1.807, 2.05) is 0 Å². The van der Waals surface area contributed by atoms with Crippen molar-refractivity contribution in [3.63, 3.8) is 0 Å². The number of phenols is 1. The molecule has 0 fully saturated rings. The minimum Gasteiger partial charge on any atom is -0.504 e. The van der Waals surface area contributed by atoms with Crippen LogP contribution in [-0.4, -0.2) is 18.0 Å². The van der Waals surface area contributed by atoms with Crippen molar-refractivity contribution >= 4 is 21.7 Å². The molecule has 1 aromatic rings. The van der Waals surface area contributed by atoms with E-state index in [1.165, 1.54) is 13.2 Å². The van der Waals surface area contributed by atoms with Gasteiger partial charge in [-0.2, -0.15) is 0 Å². The molecule has 0 atom stereocenters. The van der Waals surface area contributed by atoms with E-state index in [4.69, 9.17) is 4.74 Å². The Hall–Kier alpha value is -1.29. The highest BCUT2D eigenvalue weighted by molar-refractivity contribution is 9.10. The monoisotopic (exact) mass is 256 g/mol. The van der Waals surface area contributed by atoms with Gasteiger partial charge >= 0.3 is 0 Å². The Morgan fingerprint density at radius 1 is 1.64 bits per heavy atom. The first-order valence-electron chi connectivity index (χ1n) is 3.83. The van der Waals surface area contributed by atoms with E-state index in [2.05, 4.69) is 22.5 Å². The Morgan fingerprint density at radius 2 is 2.29 bits per heavy atom. The number of aromatic hydroxyl groups is 1. The summed E-state index contributed by atoms with van der Waals surface area (Å²) < 4.78 is 5.56. The van der Waals surface area contributed by atoms with Gasteiger partial charge in [0.25, 0.3) is 0 Å². The number of methoxy groups -OCH3 is 1. The molecule has 0 amide bonds. The summed E-state index contributed by atoms with van der Waals surface area (Å²) in [5, 5.41) is 9.60. The number of ketones is 1. The first kappa shape index (κ1) is 10.8. The smallest absolute Gasteiger partial charge is 0.189 e. The fourth-order valence-corrected chi connectivity index (χ4v) is 1.46. The second-order valence-corrected chi connectivity index (χ2v) is 3.49. The molecule has 1 N–H and O–H groups in total. The lowest BCUT2D eigenvalue weighted by Crippen LogP contribution is -1.96. The Morgan fingerprint density at radius 3 is 2.79 bits per heavy atom. The standard InChI is InChI=1S/C10H9BrO3/c1-3-8(12)7-4-6(11)5-9(14-2)10(7)13/h3-5,13H,1H2,2H3. The van der Waals surface area contributed by atoms with Crippen molar-refractivity contribution in [1.82, 2.24) is 0 Å². The molecule has 4 heteroatoms. The zero-order chi connectivity index (χ0) is 10.7. The summed E-state index contributed by atoms with van der Waals surface area (Å²) in [5.41, 5.74) is 0.172. The van der Waals surface area contributed by atoms with E-state index in [0.717, 1.165) is 6.08 Å². The number of hydrogen-bond acceptors (Lipinski definition) is 3. The van der Waals surface area contributed by atoms with Crippen molar-refractivity contribution in [2.24, 2.45) is 0 Å². The fourth-order valence-electron chi connectivity index (χ4n) is 1.03. The molecule has 0 aliphatic rings. The molecule has 0 saturated heterocycles. The third-order valence-electron chi connectivity index (χ3n) is 1.71. The van der Waals surface area contributed by atoms with Gasteiger partial charge in [0.15, 0.2) is 17.3 Å². The van der Waals surface area contributed by atoms with Gasteiger partial charge in [0.1, 0.15) is 0 Å². The molecule has 74 valence electrons. The fraction of sp³-hybridized carbons (Fsp3) is 0.100. The van der Waals surface area contributed by atoms with Crippen LogP contribution in [0.4, 0.5) is 0 Å². The topological polar surface area (TPSA) is 46.5 Å². The second kappa shape index (κ2) is 4.28. The Bertz CT molecular complexity index is 385. The van der Waals surface area contributed by atoms with Gasteiger partial charge < -0.3 is 9.84 Å². The molecule has 0 aliphatic carbocycles. The molecule has 0 radical (unpaired) electrons. The summed E-state index contributed by atoms with van der Waals surface area (Å²) in [4.78, 5) is 11.3. The zero-order valence-corrected chi connectivity index (χ0v) is 9.17. The summed E-state index contributed by atoms with van der Waals surface area (Å²) in [6.07, 6.45) is 1.14. The number of rotatable bonds is 3. The second-order valence-electron chi connectivity index (χ2n) is 2.57. The number of halogens is 1. The van der Waals surface area contributed by atoms with Gasteiger partial charge in [-0.3, -0.25) is 4.79 Å². The number of carbonyl (C=O) groups excluding carboxylic acids is 1. The Balaban J connectivity index is 3.35. The molecule has 0 aromatic heterocycles. The maximum Gasteiger partial charge on any atom is 0.189 e. The predicted molar refractivity (Wildman–Crippen MR) is 56.9 cm³/mol. The average Bonchev–Trinajstić information content (AvgIpc) is 2.19. The van der Waals surface area contributed by atoms with E-state index in [9.17, 15) is 9.90 Å². The largest absolute Gasteiger partial charge is 0.504 e. The van der Waals surface area contributed by atoms with Crippen LogP contribution in [0.5, 0.6) is 11.5 Å². The van der Waals surface area contributed by atoms with Crippen LogP contribution < -0.4 is 4.74 Å². The summed E-state index contributed by atoms with van der Waals surface area (Å²) in [6, 6.07) is 3.09. The van der Waals surface area contributed by atoms with E-state index in [-0.39, 0.29) is 22.8 Å². The molecule has 0 heterocycles. The summed E-state index contributed by atoms with van der Waals surface area (Å²) >= 11 is 3.21. The van der Waals surface area contributed by atoms with Crippen molar-refractivity contribution in [1.29, 1.82) is 0 Å². The van der Waals surface area contributed by atoms with Crippen molar-refractivity contribution < 1.29 is 14.6 Å². The molecule has 0 aliphatic heterocycles. The third kappa shape index (κ3) is 1.96. The first-order chi connectivity index (χ1) is 6.60. The van der Waals surface area contributed by atoms with Gasteiger partial charge in [-0.25, -0.2) is 0 Å². The third-order valence-corrected chi connectivity index (χ3v) is 2.17. The van der Waals surface area contributed by atoms with Gasteiger partial charge in [0.2, 0.25) is 0 Å². The molecule has 0 spiro atoms. The summed E-state index contributed by atoms with van der Waals surface area (Å²) in [6.45, 7) is 3.35. The molecular formula is C10H9BrO3. The highest BCUT2D eigenvalue weighted by Gasteiger charge is 2.13. The molecular weight excluding hydrogens is 248 g/mol. The van der Waals surface area contributed by atoms with Crippen LogP contribution in [0.2, 0.25) is 0 Å². The van der Waals surface area contributed by atoms with Crippen LogP contribution in [-0.2, 0) is 0 Å². The summed E-state index contributed by atoms with van der Waals surface area (Å²) in [7, 11) is 1.42. The van der Waals surface area contributed by atoms with Crippen molar-refractivity contribution in [2.75, 3.05) is 7.11 Å². The number of benzene rings is 1. The summed E-state index contributed by atoms with van der Waals surface area (Å²) in [5.74, 6) is -0.257. The van der Waals surface area contributed by atoms with Crippen LogP contribution >= 0.6 is 15.9 Å². The van der Waals surface area contributed by atoms with Gasteiger partial charge in [-0.1, -0.05) is 22.5 Å². The molecule has 0 bridgehead atoms. The Labute approximate surface area is 90.1 Å².